The van der Waals surface area contributed by atoms with E-state index in [1.54, 1.807) is 17.5 Å². The number of nitrogens with zero attached hydrogens (tertiary/aromatic N) is 2. The second kappa shape index (κ2) is 4.55. The number of aldehydes is 1. The summed E-state index contributed by atoms with van der Waals surface area (Å²) in [6.07, 6.45) is 2.44. The Hall–Kier alpha value is -1.20. The molecule has 2 heterocycles. The van der Waals surface area contributed by atoms with E-state index in [1.807, 2.05) is 18.0 Å². The van der Waals surface area contributed by atoms with Crippen LogP contribution in [-0.2, 0) is 6.54 Å². The molecular formula is C10H10N2OS2. The number of carbonyl (C=O) groups is 1. The van der Waals surface area contributed by atoms with Crippen molar-refractivity contribution in [3.05, 3.63) is 33.5 Å². The number of hydrogen-bond acceptors (Lipinski definition) is 5. The van der Waals surface area contributed by atoms with E-state index in [-0.39, 0.29) is 0 Å². The number of thiophene rings is 1. The van der Waals surface area contributed by atoms with E-state index >= 15 is 0 Å². The van der Waals surface area contributed by atoms with Crippen LogP contribution in [0, 0.1) is 0 Å². The molecule has 0 spiro atoms. The van der Waals surface area contributed by atoms with E-state index in [0.717, 1.165) is 18.0 Å². The summed E-state index contributed by atoms with van der Waals surface area (Å²) in [5.74, 6) is 0. The summed E-state index contributed by atoms with van der Waals surface area (Å²) < 4.78 is 0. The molecule has 0 aliphatic carbocycles. The fourth-order valence-corrected chi connectivity index (χ4v) is 2.66. The van der Waals surface area contributed by atoms with E-state index in [2.05, 4.69) is 16.4 Å². The predicted molar refractivity (Wildman–Crippen MR) is 63.9 cm³/mol. The highest BCUT2D eigenvalue weighted by Crippen LogP contribution is 2.22. The maximum Gasteiger partial charge on any atom is 0.186 e. The fourth-order valence-electron chi connectivity index (χ4n) is 1.21. The van der Waals surface area contributed by atoms with Crippen molar-refractivity contribution < 1.29 is 4.79 Å². The number of rotatable bonds is 4. The number of hydrogen-bond donors (Lipinski definition) is 0. The third kappa shape index (κ3) is 2.43. The van der Waals surface area contributed by atoms with Crippen LogP contribution in [0.1, 0.15) is 14.5 Å². The summed E-state index contributed by atoms with van der Waals surface area (Å²) >= 11 is 3.14. The van der Waals surface area contributed by atoms with E-state index in [0.29, 0.717) is 4.88 Å². The average Bonchev–Trinajstić information content (AvgIpc) is 2.86. The molecule has 0 saturated heterocycles. The third-order valence-corrected chi connectivity index (χ3v) is 3.83. The van der Waals surface area contributed by atoms with E-state index in [9.17, 15) is 4.79 Å². The smallest absolute Gasteiger partial charge is 0.186 e. The van der Waals surface area contributed by atoms with Crippen LogP contribution >= 0.6 is 22.7 Å². The molecule has 78 valence electrons. The summed E-state index contributed by atoms with van der Waals surface area (Å²) in [4.78, 5) is 18.7. The Morgan fingerprint density at radius 1 is 1.60 bits per heavy atom. The van der Waals surface area contributed by atoms with Gasteiger partial charge in [-0.2, -0.15) is 0 Å². The molecule has 0 fully saturated rings. The van der Waals surface area contributed by atoms with Crippen molar-refractivity contribution in [3.63, 3.8) is 0 Å². The van der Waals surface area contributed by atoms with Crippen LogP contribution in [0.5, 0.6) is 0 Å². The zero-order valence-electron chi connectivity index (χ0n) is 8.21. The fraction of sp³-hybridized carbons (Fsp3) is 0.200. The highest BCUT2D eigenvalue weighted by Gasteiger charge is 2.07. The molecule has 2 rings (SSSR count). The Labute approximate surface area is 96.0 Å². The zero-order chi connectivity index (χ0) is 10.7. The SMILES string of the molecule is CN(Cc1cccs1)c1ncc(C=O)s1. The van der Waals surface area contributed by atoms with Crippen molar-refractivity contribution in [2.45, 2.75) is 6.54 Å². The predicted octanol–water partition coefficient (Wildman–Crippen LogP) is 2.65. The molecule has 0 saturated carbocycles. The van der Waals surface area contributed by atoms with Gasteiger partial charge in [0.2, 0.25) is 0 Å². The summed E-state index contributed by atoms with van der Waals surface area (Å²) in [6.45, 7) is 0.837. The lowest BCUT2D eigenvalue weighted by Gasteiger charge is -2.13. The van der Waals surface area contributed by atoms with Gasteiger partial charge in [-0.3, -0.25) is 4.79 Å². The van der Waals surface area contributed by atoms with Crippen LogP contribution in [0.3, 0.4) is 0 Å². The molecule has 2 aromatic rings. The van der Waals surface area contributed by atoms with Crippen molar-refractivity contribution in [2.24, 2.45) is 0 Å². The van der Waals surface area contributed by atoms with Gasteiger partial charge in [0, 0.05) is 11.9 Å². The standard InChI is InChI=1S/C10H10N2OS2/c1-12(6-8-3-2-4-14-8)10-11-5-9(7-13)15-10/h2-5,7H,6H2,1H3. The molecule has 0 unspecified atom stereocenters. The number of thiazole rings is 1. The summed E-state index contributed by atoms with van der Waals surface area (Å²) in [6, 6.07) is 4.13. The van der Waals surface area contributed by atoms with Gasteiger partial charge in [0.25, 0.3) is 0 Å². The van der Waals surface area contributed by atoms with Crippen molar-refractivity contribution in [1.29, 1.82) is 0 Å². The van der Waals surface area contributed by atoms with Gasteiger partial charge in [-0.1, -0.05) is 17.4 Å². The van der Waals surface area contributed by atoms with Crippen LogP contribution in [0.25, 0.3) is 0 Å². The molecule has 0 radical (unpaired) electrons. The molecule has 0 amide bonds. The Morgan fingerprint density at radius 3 is 3.07 bits per heavy atom. The van der Waals surface area contributed by atoms with Crippen LogP contribution in [0.4, 0.5) is 5.13 Å². The first kappa shape index (κ1) is 10.3. The molecule has 3 nitrogen and oxygen atoms in total. The largest absolute Gasteiger partial charge is 0.346 e. The van der Waals surface area contributed by atoms with Gasteiger partial charge in [0.15, 0.2) is 11.4 Å². The molecule has 15 heavy (non-hydrogen) atoms. The van der Waals surface area contributed by atoms with Crippen molar-refractivity contribution in [2.75, 3.05) is 11.9 Å². The number of anilines is 1. The lowest BCUT2D eigenvalue weighted by atomic mass is 10.4. The van der Waals surface area contributed by atoms with E-state index in [1.165, 1.54) is 16.2 Å². The molecule has 2 aromatic heterocycles. The Kier molecular flexibility index (Phi) is 3.13. The minimum atomic E-state index is 0.669. The summed E-state index contributed by atoms with van der Waals surface area (Å²) in [5.41, 5.74) is 0. The first-order valence-electron chi connectivity index (χ1n) is 4.44. The second-order valence-corrected chi connectivity index (χ2v) is 5.17. The molecule has 0 aliphatic rings. The Bertz CT molecular complexity index is 436. The normalized spacial score (nSPS) is 10.2. The topological polar surface area (TPSA) is 33.2 Å². The lowest BCUT2D eigenvalue weighted by molar-refractivity contribution is 0.112. The van der Waals surface area contributed by atoms with Crippen molar-refractivity contribution >= 4 is 34.1 Å². The molecule has 0 bridgehead atoms. The van der Waals surface area contributed by atoms with Gasteiger partial charge in [0.1, 0.15) is 0 Å². The number of aromatic nitrogens is 1. The maximum atomic E-state index is 10.5. The minimum Gasteiger partial charge on any atom is -0.346 e. The van der Waals surface area contributed by atoms with Gasteiger partial charge < -0.3 is 4.90 Å². The second-order valence-electron chi connectivity index (χ2n) is 3.10. The van der Waals surface area contributed by atoms with Crippen LogP contribution in [0.15, 0.2) is 23.7 Å². The molecule has 5 heteroatoms. The van der Waals surface area contributed by atoms with Crippen molar-refractivity contribution in [1.82, 2.24) is 4.98 Å². The molecule has 0 aliphatic heterocycles. The first-order valence-corrected chi connectivity index (χ1v) is 6.14. The highest BCUT2D eigenvalue weighted by molar-refractivity contribution is 7.17. The average molecular weight is 238 g/mol. The summed E-state index contributed by atoms with van der Waals surface area (Å²) in [5, 5.41) is 2.94. The molecule has 0 aromatic carbocycles. The van der Waals surface area contributed by atoms with Crippen LogP contribution in [0.2, 0.25) is 0 Å². The third-order valence-electron chi connectivity index (χ3n) is 1.93. The quantitative estimate of drug-likeness (QED) is 0.768. The van der Waals surface area contributed by atoms with E-state index in [4.69, 9.17) is 0 Å². The monoisotopic (exact) mass is 238 g/mol. The van der Waals surface area contributed by atoms with E-state index < -0.39 is 0 Å². The Morgan fingerprint density at radius 2 is 2.47 bits per heavy atom. The molecule has 0 N–H and O–H groups in total. The van der Waals surface area contributed by atoms with Gasteiger partial charge in [-0.15, -0.1) is 11.3 Å². The van der Waals surface area contributed by atoms with Gasteiger partial charge in [-0.25, -0.2) is 4.98 Å². The van der Waals surface area contributed by atoms with Gasteiger partial charge in [0.05, 0.1) is 17.6 Å². The lowest BCUT2D eigenvalue weighted by Crippen LogP contribution is -2.14. The first-order chi connectivity index (χ1) is 7.29. The minimum absolute atomic E-state index is 0.669. The molecular weight excluding hydrogens is 228 g/mol. The van der Waals surface area contributed by atoms with Crippen LogP contribution in [-0.4, -0.2) is 18.3 Å². The van der Waals surface area contributed by atoms with Gasteiger partial charge in [-0.05, 0) is 11.4 Å². The van der Waals surface area contributed by atoms with Crippen LogP contribution < -0.4 is 4.90 Å². The zero-order valence-corrected chi connectivity index (χ0v) is 9.85. The molecule has 0 atom stereocenters. The Balaban J connectivity index is 2.07. The highest BCUT2D eigenvalue weighted by atomic mass is 32.1. The van der Waals surface area contributed by atoms with Gasteiger partial charge >= 0.3 is 0 Å². The number of carbonyl (C=O) groups excluding carboxylic acids is 1. The summed E-state index contributed by atoms with van der Waals surface area (Å²) in [7, 11) is 1.98. The maximum absolute atomic E-state index is 10.5. The van der Waals surface area contributed by atoms with Crippen molar-refractivity contribution in [3.8, 4) is 0 Å².